The standard InChI is InChI=1S/C28H34F3NO6S.H2O/c1-6-36-23(33)27(24(34)37-7-2,32-25(35)38-26(3,4)5)17-9-10-19-13-15-21(16-14-19)39-22-12-8-11-20(18-22)28(29,30)31;/h8,11-16,18H,6-7,9-10,17H2,1-5H3,(H,32,35);1H2. The van der Waals surface area contributed by atoms with Gasteiger partial charge in [0.15, 0.2) is 0 Å². The molecule has 0 atom stereocenters. The third-order valence-electron chi connectivity index (χ3n) is 5.30. The number of rotatable bonds is 11. The molecule has 0 heterocycles. The van der Waals surface area contributed by atoms with Gasteiger partial charge in [-0.25, -0.2) is 14.4 Å². The molecule has 0 saturated carbocycles. The summed E-state index contributed by atoms with van der Waals surface area (Å²) in [5, 5.41) is 2.40. The number of ether oxygens (including phenoxy) is 3. The Labute approximate surface area is 236 Å². The van der Waals surface area contributed by atoms with E-state index in [1.54, 1.807) is 52.8 Å². The number of benzene rings is 2. The van der Waals surface area contributed by atoms with Crippen molar-refractivity contribution in [3.63, 3.8) is 0 Å². The van der Waals surface area contributed by atoms with Crippen molar-refractivity contribution in [3.8, 4) is 0 Å². The smallest absolute Gasteiger partial charge is 0.416 e. The van der Waals surface area contributed by atoms with Crippen LogP contribution in [-0.2, 0) is 36.4 Å². The second-order valence-corrected chi connectivity index (χ2v) is 10.7. The molecule has 2 aromatic rings. The Morgan fingerprint density at radius 3 is 1.95 bits per heavy atom. The van der Waals surface area contributed by atoms with E-state index >= 15 is 0 Å². The quantitative estimate of drug-likeness (QED) is 0.202. The van der Waals surface area contributed by atoms with Gasteiger partial charge in [-0.15, -0.1) is 0 Å². The van der Waals surface area contributed by atoms with Gasteiger partial charge in [0.1, 0.15) is 5.60 Å². The van der Waals surface area contributed by atoms with E-state index in [0.717, 1.165) is 22.6 Å². The van der Waals surface area contributed by atoms with Crippen molar-refractivity contribution in [1.29, 1.82) is 0 Å². The monoisotopic (exact) mass is 587 g/mol. The van der Waals surface area contributed by atoms with Crippen LogP contribution < -0.4 is 5.32 Å². The number of nitrogens with one attached hydrogen (secondary N) is 1. The molecule has 0 aliphatic carbocycles. The predicted octanol–water partition coefficient (Wildman–Crippen LogP) is 5.74. The van der Waals surface area contributed by atoms with Crippen LogP contribution in [0.1, 0.15) is 58.6 Å². The molecule has 0 saturated heterocycles. The molecule has 0 aromatic heterocycles. The summed E-state index contributed by atoms with van der Waals surface area (Å²) in [7, 11) is 0. The van der Waals surface area contributed by atoms with E-state index in [9.17, 15) is 27.6 Å². The molecule has 222 valence electrons. The first-order valence-corrected chi connectivity index (χ1v) is 13.3. The molecular formula is C28H36F3NO7S. The number of hydrogen-bond acceptors (Lipinski definition) is 7. The molecule has 0 aliphatic rings. The third-order valence-corrected chi connectivity index (χ3v) is 6.30. The second kappa shape index (κ2) is 14.9. The van der Waals surface area contributed by atoms with Gasteiger partial charge < -0.3 is 19.7 Å². The highest BCUT2D eigenvalue weighted by molar-refractivity contribution is 7.99. The molecule has 0 spiro atoms. The van der Waals surface area contributed by atoms with Gasteiger partial charge in [-0.1, -0.05) is 30.0 Å². The topological polar surface area (TPSA) is 122 Å². The molecule has 2 rings (SSSR count). The van der Waals surface area contributed by atoms with Crippen molar-refractivity contribution in [3.05, 3.63) is 59.7 Å². The van der Waals surface area contributed by atoms with E-state index in [0.29, 0.717) is 17.7 Å². The second-order valence-electron chi connectivity index (χ2n) is 9.60. The third kappa shape index (κ3) is 10.4. The Hall–Kier alpha value is -3.25. The molecule has 12 heteroatoms. The summed E-state index contributed by atoms with van der Waals surface area (Å²) in [5.41, 5.74) is -2.81. The van der Waals surface area contributed by atoms with Crippen LogP contribution in [0.25, 0.3) is 0 Å². The Kier molecular flexibility index (Phi) is 13.0. The van der Waals surface area contributed by atoms with Crippen molar-refractivity contribution in [2.45, 2.75) is 81.0 Å². The zero-order chi connectivity index (χ0) is 29.3. The average molecular weight is 588 g/mol. The molecule has 0 aliphatic heterocycles. The SMILES string of the molecule is CCOC(=O)C(CCCc1ccc(Sc2cccc(C(F)(F)F)c2)cc1)(NC(=O)OC(C)(C)C)C(=O)OCC.O. The van der Waals surface area contributed by atoms with E-state index in [4.69, 9.17) is 14.2 Å². The number of carbonyl (C=O) groups excluding carboxylic acids is 3. The van der Waals surface area contributed by atoms with Crippen LogP contribution in [0.5, 0.6) is 0 Å². The fourth-order valence-corrected chi connectivity index (χ4v) is 4.47. The maximum absolute atomic E-state index is 13.0. The Bertz CT molecular complexity index is 1110. The van der Waals surface area contributed by atoms with Crippen LogP contribution in [-0.4, -0.2) is 47.9 Å². The molecule has 0 radical (unpaired) electrons. The van der Waals surface area contributed by atoms with Gasteiger partial charge in [0.25, 0.3) is 0 Å². The molecule has 1 amide bonds. The van der Waals surface area contributed by atoms with Crippen LogP contribution in [0.2, 0.25) is 0 Å². The fraction of sp³-hybridized carbons (Fsp3) is 0.464. The van der Waals surface area contributed by atoms with Crippen molar-refractivity contribution >= 4 is 29.8 Å². The highest BCUT2D eigenvalue weighted by Gasteiger charge is 2.50. The first kappa shape index (κ1) is 34.8. The number of hydrogen-bond donors (Lipinski definition) is 1. The molecule has 40 heavy (non-hydrogen) atoms. The average Bonchev–Trinajstić information content (AvgIpc) is 2.83. The minimum atomic E-state index is -4.42. The highest BCUT2D eigenvalue weighted by atomic mass is 32.2. The van der Waals surface area contributed by atoms with Gasteiger partial charge in [0, 0.05) is 9.79 Å². The number of alkyl carbamates (subject to hydrolysis) is 1. The highest BCUT2D eigenvalue weighted by Crippen LogP contribution is 2.34. The van der Waals surface area contributed by atoms with Crippen molar-refractivity contribution in [2.75, 3.05) is 13.2 Å². The van der Waals surface area contributed by atoms with Crippen LogP contribution in [0.4, 0.5) is 18.0 Å². The Morgan fingerprint density at radius 2 is 1.45 bits per heavy atom. The number of aryl methyl sites for hydroxylation is 1. The van der Waals surface area contributed by atoms with Crippen LogP contribution in [0.15, 0.2) is 58.3 Å². The van der Waals surface area contributed by atoms with E-state index in [1.807, 2.05) is 12.1 Å². The lowest BCUT2D eigenvalue weighted by Crippen LogP contribution is -2.62. The normalized spacial score (nSPS) is 11.7. The van der Waals surface area contributed by atoms with Crippen LogP contribution >= 0.6 is 11.8 Å². The largest absolute Gasteiger partial charge is 0.464 e. The van der Waals surface area contributed by atoms with Gasteiger partial charge >= 0.3 is 24.2 Å². The Morgan fingerprint density at radius 1 is 0.875 bits per heavy atom. The van der Waals surface area contributed by atoms with Crippen molar-refractivity contribution in [1.82, 2.24) is 5.32 Å². The lowest BCUT2D eigenvalue weighted by atomic mass is 9.91. The number of carbonyl (C=O) groups is 3. The number of alkyl halides is 3. The van der Waals surface area contributed by atoms with Gasteiger partial charge in [-0.05, 0) is 89.8 Å². The minimum Gasteiger partial charge on any atom is -0.464 e. The van der Waals surface area contributed by atoms with Crippen LogP contribution in [0, 0.1) is 0 Å². The molecule has 0 unspecified atom stereocenters. The number of esters is 2. The number of halogens is 3. The molecular weight excluding hydrogens is 551 g/mol. The van der Waals surface area contributed by atoms with Crippen LogP contribution in [0.3, 0.4) is 0 Å². The fourth-order valence-electron chi connectivity index (χ4n) is 3.59. The summed E-state index contributed by atoms with van der Waals surface area (Å²) in [6.07, 6.45) is -4.75. The Balaban J connectivity index is 0.00000800. The summed E-state index contributed by atoms with van der Waals surface area (Å²) < 4.78 is 54.5. The molecule has 0 bridgehead atoms. The van der Waals surface area contributed by atoms with E-state index in [-0.39, 0.29) is 25.1 Å². The first-order valence-electron chi connectivity index (χ1n) is 12.5. The van der Waals surface area contributed by atoms with Gasteiger partial charge in [-0.3, -0.25) is 5.32 Å². The predicted molar refractivity (Wildman–Crippen MR) is 144 cm³/mol. The molecule has 2 aromatic carbocycles. The summed E-state index contributed by atoms with van der Waals surface area (Å²) in [6.45, 7) is 8.09. The number of amides is 1. The lowest BCUT2D eigenvalue weighted by Gasteiger charge is -2.31. The maximum atomic E-state index is 13.0. The minimum absolute atomic E-state index is 0. The summed E-state index contributed by atoms with van der Waals surface area (Å²) in [4.78, 5) is 39.7. The van der Waals surface area contributed by atoms with Gasteiger partial charge in [0.05, 0.1) is 18.8 Å². The molecule has 0 fully saturated rings. The summed E-state index contributed by atoms with van der Waals surface area (Å²) in [5.74, 6) is -1.88. The van der Waals surface area contributed by atoms with E-state index in [2.05, 4.69) is 5.32 Å². The zero-order valence-corrected chi connectivity index (χ0v) is 24.0. The zero-order valence-electron chi connectivity index (χ0n) is 23.1. The van der Waals surface area contributed by atoms with Crippen molar-refractivity contribution < 1.29 is 47.2 Å². The molecule has 3 N–H and O–H groups in total. The van der Waals surface area contributed by atoms with Gasteiger partial charge in [0.2, 0.25) is 5.54 Å². The van der Waals surface area contributed by atoms with E-state index in [1.165, 1.54) is 17.8 Å². The summed E-state index contributed by atoms with van der Waals surface area (Å²) >= 11 is 1.20. The summed E-state index contributed by atoms with van der Waals surface area (Å²) in [6, 6.07) is 12.3. The van der Waals surface area contributed by atoms with Gasteiger partial charge in [-0.2, -0.15) is 13.2 Å². The van der Waals surface area contributed by atoms with E-state index < -0.39 is 40.9 Å². The lowest BCUT2D eigenvalue weighted by molar-refractivity contribution is -0.166. The first-order chi connectivity index (χ1) is 18.2. The van der Waals surface area contributed by atoms with Crippen molar-refractivity contribution in [2.24, 2.45) is 0 Å². The molecule has 8 nitrogen and oxygen atoms in total. The maximum Gasteiger partial charge on any atom is 0.416 e.